The third-order valence-corrected chi connectivity index (χ3v) is 4.89. The Kier molecular flexibility index (Phi) is 5.06. The first-order valence-electron chi connectivity index (χ1n) is 8.86. The molecule has 2 heterocycles. The van der Waals surface area contributed by atoms with E-state index in [1.807, 2.05) is 38.1 Å². The van der Waals surface area contributed by atoms with E-state index in [9.17, 15) is 4.79 Å². The van der Waals surface area contributed by atoms with E-state index in [0.717, 1.165) is 48.5 Å². The van der Waals surface area contributed by atoms with E-state index in [2.05, 4.69) is 29.0 Å². The molecule has 0 unspecified atom stereocenters. The Labute approximate surface area is 149 Å². The second kappa shape index (κ2) is 7.10. The summed E-state index contributed by atoms with van der Waals surface area (Å²) in [7, 11) is 0. The number of aryl methyl sites for hydroxylation is 2. The van der Waals surface area contributed by atoms with E-state index in [1.165, 1.54) is 0 Å². The van der Waals surface area contributed by atoms with Crippen LogP contribution >= 0.6 is 0 Å². The minimum atomic E-state index is -0.104. The number of aromatic nitrogens is 1. The lowest BCUT2D eigenvalue weighted by Crippen LogP contribution is -2.55. The first-order valence-corrected chi connectivity index (χ1v) is 8.86. The summed E-state index contributed by atoms with van der Waals surface area (Å²) in [6.07, 6.45) is 0. The number of carbonyl (C=O) groups is 1. The number of carbonyl (C=O) groups excluding carboxylic acids is 1. The van der Waals surface area contributed by atoms with Crippen molar-refractivity contribution in [3.8, 4) is 0 Å². The summed E-state index contributed by atoms with van der Waals surface area (Å²) < 4.78 is 5.43. The predicted octanol–water partition coefficient (Wildman–Crippen LogP) is 2.69. The highest BCUT2D eigenvalue weighted by Gasteiger charge is 2.29. The van der Waals surface area contributed by atoms with E-state index in [0.29, 0.717) is 12.1 Å². The second-order valence-electron chi connectivity index (χ2n) is 7.43. The lowest BCUT2D eigenvalue weighted by Gasteiger charge is -2.40. The van der Waals surface area contributed by atoms with Gasteiger partial charge in [-0.2, -0.15) is 0 Å². The summed E-state index contributed by atoms with van der Waals surface area (Å²) in [6.45, 7) is 12.2. The van der Waals surface area contributed by atoms with Crippen molar-refractivity contribution in [1.82, 2.24) is 15.2 Å². The van der Waals surface area contributed by atoms with Crippen LogP contribution in [-0.2, 0) is 4.74 Å². The number of pyridine rings is 1. The fourth-order valence-electron chi connectivity index (χ4n) is 3.33. The third kappa shape index (κ3) is 3.99. The van der Waals surface area contributed by atoms with Gasteiger partial charge in [0.05, 0.1) is 24.3 Å². The molecule has 134 valence electrons. The maximum absolute atomic E-state index is 12.9. The minimum Gasteiger partial charge on any atom is -0.379 e. The standard InChI is InChI=1S/C20H27N3O2/c1-14-5-6-18-16(11-14)17(12-15(2)22-18)19(24)21-13-20(3,4)23-7-9-25-10-8-23/h5-6,11-12H,7-10,13H2,1-4H3,(H,21,24). The number of amides is 1. The molecular formula is C20H27N3O2. The van der Waals surface area contributed by atoms with E-state index >= 15 is 0 Å². The van der Waals surface area contributed by atoms with Gasteiger partial charge in [-0.3, -0.25) is 14.7 Å². The Balaban J connectivity index is 1.79. The summed E-state index contributed by atoms with van der Waals surface area (Å²) in [5.41, 5.74) is 3.44. The zero-order valence-electron chi connectivity index (χ0n) is 15.6. The first-order chi connectivity index (χ1) is 11.9. The summed E-state index contributed by atoms with van der Waals surface area (Å²) in [4.78, 5) is 19.8. The smallest absolute Gasteiger partial charge is 0.252 e. The van der Waals surface area contributed by atoms with Crippen LogP contribution in [0.4, 0.5) is 0 Å². The number of nitrogens with zero attached hydrogens (tertiary/aromatic N) is 2. The van der Waals surface area contributed by atoms with Crippen molar-refractivity contribution >= 4 is 16.8 Å². The quantitative estimate of drug-likeness (QED) is 0.929. The van der Waals surface area contributed by atoms with Gasteiger partial charge < -0.3 is 10.1 Å². The lowest BCUT2D eigenvalue weighted by molar-refractivity contribution is -0.00922. The van der Waals surface area contributed by atoms with Crippen molar-refractivity contribution in [2.75, 3.05) is 32.8 Å². The van der Waals surface area contributed by atoms with Gasteiger partial charge in [0.25, 0.3) is 5.91 Å². The molecule has 5 heteroatoms. The monoisotopic (exact) mass is 341 g/mol. The molecule has 1 fully saturated rings. The molecular weight excluding hydrogens is 314 g/mol. The Morgan fingerprint density at radius 3 is 2.68 bits per heavy atom. The van der Waals surface area contributed by atoms with Gasteiger partial charge in [0.15, 0.2) is 0 Å². The van der Waals surface area contributed by atoms with Gasteiger partial charge in [-0.1, -0.05) is 11.6 Å². The highest BCUT2D eigenvalue weighted by atomic mass is 16.5. The summed E-state index contributed by atoms with van der Waals surface area (Å²) >= 11 is 0. The Morgan fingerprint density at radius 1 is 1.24 bits per heavy atom. The molecule has 1 aliphatic rings. The van der Waals surface area contributed by atoms with Crippen molar-refractivity contribution in [1.29, 1.82) is 0 Å². The average molecular weight is 341 g/mol. The number of hydrogen-bond acceptors (Lipinski definition) is 4. The van der Waals surface area contributed by atoms with Crippen molar-refractivity contribution in [3.63, 3.8) is 0 Å². The SMILES string of the molecule is Cc1ccc2nc(C)cc(C(=O)NCC(C)(C)N3CCOCC3)c2c1. The van der Waals surface area contributed by atoms with Crippen molar-refractivity contribution in [3.05, 3.63) is 41.1 Å². The highest BCUT2D eigenvalue weighted by molar-refractivity contribution is 6.06. The number of hydrogen-bond donors (Lipinski definition) is 1. The van der Waals surface area contributed by atoms with Crippen LogP contribution in [0, 0.1) is 13.8 Å². The van der Waals surface area contributed by atoms with Gasteiger partial charge in [0.1, 0.15) is 0 Å². The number of nitrogens with one attached hydrogen (secondary N) is 1. The Morgan fingerprint density at radius 2 is 1.96 bits per heavy atom. The van der Waals surface area contributed by atoms with Crippen LogP contribution < -0.4 is 5.32 Å². The van der Waals surface area contributed by atoms with Crippen LogP contribution in [0.2, 0.25) is 0 Å². The molecule has 2 aromatic rings. The first kappa shape index (κ1) is 17.8. The van der Waals surface area contributed by atoms with Gasteiger partial charge in [-0.05, 0) is 45.9 Å². The van der Waals surface area contributed by atoms with Crippen LogP contribution in [0.1, 0.15) is 35.5 Å². The summed E-state index contributed by atoms with van der Waals surface area (Å²) in [5.74, 6) is -0.0394. The van der Waals surface area contributed by atoms with Crippen LogP contribution in [0.3, 0.4) is 0 Å². The molecule has 0 aliphatic carbocycles. The van der Waals surface area contributed by atoms with Crippen molar-refractivity contribution < 1.29 is 9.53 Å². The molecule has 3 rings (SSSR count). The molecule has 1 aromatic carbocycles. The molecule has 5 nitrogen and oxygen atoms in total. The topological polar surface area (TPSA) is 54.5 Å². The maximum Gasteiger partial charge on any atom is 0.252 e. The number of ether oxygens (including phenoxy) is 1. The minimum absolute atomic E-state index is 0.0394. The fraction of sp³-hybridized carbons (Fsp3) is 0.500. The summed E-state index contributed by atoms with van der Waals surface area (Å²) in [5, 5.41) is 4.04. The van der Waals surface area contributed by atoms with Gasteiger partial charge in [-0.25, -0.2) is 0 Å². The van der Waals surface area contributed by atoms with E-state index in [1.54, 1.807) is 0 Å². The van der Waals surface area contributed by atoms with Crippen LogP contribution in [0.25, 0.3) is 10.9 Å². The highest BCUT2D eigenvalue weighted by Crippen LogP contribution is 2.21. The molecule has 25 heavy (non-hydrogen) atoms. The molecule has 0 bridgehead atoms. The summed E-state index contributed by atoms with van der Waals surface area (Å²) in [6, 6.07) is 7.91. The zero-order chi connectivity index (χ0) is 18.0. The second-order valence-corrected chi connectivity index (χ2v) is 7.43. The van der Waals surface area contributed by atoms with Gasteiger partial charge in [-0.15, -0.1) is 0 Å². The maximum atomic E-state index is 12.9. The number of benzene rings is 1. The molecule has 0 atom stereocenters. The van der Waals surface area contributed by atoms with E-state index < -0.39 is 0 Å². The van der Waals surface area contributed by atoms with Crippen LogP contribution in [0.15, 0.2) is 24.3 Å². The molecule has 1 aromatic heterocycles. The third-order valence-electron chi connectivity index (χ3n) is 4.89. The predicted molar refractivity (Wildman–Crippen MR) is 100 cm³/mol. The van der Waals surface area contributed by atoms with Crippen LogP contribution in [0.5, 0.6) is 0 Å². The molecule has 0 spiro atoms. The Hall–Kier alpha value is -1.98. The van der Waals surface area contributed by atoms with Gasteiger partial charge >= 0.3 is 0 Å². The number of fused-ring (bicyclic) bond motifs is 1. The lowest BCUT2D eigenvalue weighted by atomic mass is 10.0. The molecule has 0 radical (unpaired) electrons. The fourth-order valence-corrected chi connectivity index (χ4v) is 3.33. The van der Waals surface area contributed by atoms with E-state index in [-0.39, 0.29) is 11.4 Å². The molecule has 0 saturated carbocycles. The van der Waals surface area contributed by atoms with Crippen molar-refractivity contribution in [2.45, 2.75) is 33.2 Å². The average Bonchev–Trinajstić information content (AvgIpc) is 2.60. The normalized spacial score (nSPS) is 16.2. The van der Waals surface area contributed by atoms with Crippen LogP contribution in [-0.4, -0.2) is 54.2 Å². The molecule has 1 N–H and O–H groups in total. The zero-order valence-corrected chi connectivity index (χ0v) is 15.6. The van der Waals surface area contributed by atoms with E-state index in [4.69, 9.17) is 4.74 Å². The molecule has 1 saturated heterocycles. The number of rotatable bonds is 4. The molecule has 1 amide bonds. The van der Waals surface area contributed by atoms with Gasteiger partial charge in [0, 0.05) is 36.3 Å². The van der Waals surface area contributed by atoms with Gasteiger partial charge in [0.2, 0.25) is 0 Å². The Bertz CT molecular complexity index is 780. The largest absolute Gasteiger partial charge is 0.379 e. The van der Waals surface area contributed by atoms with Crippen molar-refractivity contribution in [2.24, 2.45) is 0 Å². The number of morpholine rings is 1. The molecule has 1 aliphatic heterocycles.